The number of carbonyl (C=O) groups excluding carboxylic acids is 1. The molecule has 0 atom stereocenters. The summed E-state index contributed by atoms with van der Waals surface area (Å²) in [5.74, 6) is 0.347. The number of hydrogen-bond donors (Lipinski definition) is 1. The second-order valence-electron chi connectivity index (χ2n) is 5.44. The topological polar surface area (TPSA) is 90.7 Å². The Labute approximate surface area is 156 Å². The van der Waals surface area contributed by atoms with Gasteiger partial charge < -0.3 is 14.8 Å². The van der Waals surface area contributed by atoms with Crippen molar-refractivity contribution in [3.05, 3.63) is 57.1 Å². The Morgan fingerprint density at radius 1 is 1.27 bits per heavy atom. The fourth-order valence-electron chi connectivity index (χ4n) is 2.22. The van der Waals surface area contributed by atoms with Crippen molar-refractivity contribution in [2.45, 2.75) is 19.8 Å². The molecule has 2 aromatic carbocycles. The van der Waals surface area contributed by atoms with Crippen molar-refractivity contribution in [2.24, 2.45) is 0 Å². The monoisotopic (exact) mass is 378 g/mol. The molecule has 2 aromatic rings. The zero-order valence-corrected chi connectivity index (χ0v) is 15.2. The van der Waals surface area contributed by atoms with Crippen LogP contribution in [0.1, 0.15) is 30.1 Å². The molecule has 0 heterocycles. The van der Waals surface area contributed by atoms with E-state index in [0.29, 0.717) is 23.8 Å². The quantitative estimate of drug-likeness (QED) is 0.409. The summed E-state index contributed by atoms with van der Waals surface area (Å²) in [6, 6.07) is 8.87. The number of halogens is 1. The molecule has 1 N–H and O–H groups in total. The molecule has 8 heteroatoms. The molecule has 7 nitrogen and oxygen atoms in total. The normalized spacial score (nSPS) is 10.3. The summed E-state index contributed by atoms with van der Waals surface area (Å²) in [4.78, 5) is 23.1. The maximum Gasteiger partial charge on any atom is 0.283 e. The Morgan fingerprint density at radius 3 is 2.69 bits per heavy atom. The molecule has 0 aliphatic carbocycles. The number of nitrogens with one attached hydrogen (secondary N) is 1. The highest BCUT2D eigenvalue weighted by atomic mass is 35.5. The van der Waals surface area contributed by atoms with Gasteiger partial charge in [-0.3, -0.25) is 14.9 Å². The first-order valence-corrected chi connectivity index (χ1v) is 8.40. The van der Waals surface area contributed by atoms with E-state index in [9.17, 15) is 14.9 Å². The van der Waals surface area contributed by atoms with Gasteiger partial charge in [0.25, 0.3) is 11.6 Å². The predicted octanol–water partition coefficient (Wildman–Crippen LogP) is 4.69. The molecule has 0 saturated heterocycles. The van der Waals surface area contributed by atoms with Crippen molar-refractivity contribution in [3.63, 3.8) is 0 Å². The summed E-state index contributed by atoms with van der Waals surface area (Å²) in [5.41, 5.74) is -0.0947. The summed E-state index contributed by atoms with van der Waals surface area (Å²) < 4.78 is 10.9. The molecule has 0 aromatic heterocycles. The second-order valence-corrected chi connectivity index (χ2v) is 5.87. The second kappa shape index (κ2) is 9.05. The highest BCUT2D eigenvalue weighted by Gasteiger charge is 2.22. The van der Waals surface area contributed by atoms with Crippen molar-refractivity contribution >= 4 is 28.9 Å². The Kier molecular flexibility index (Phi) is 6.80. The molecule has 0 fully saturated rings. The van der Waals surface area contributed by atoms with Crippen molar-refractivity contribution in [1.82, 2.24) is 0 Å². The minimum absolute atomic E-state index is 0.0956. The number of nitro benzene ring substituents is 1. The number of nitro groups is 1. The van der Waals surface area contributed by atoms with Gasteiger partial charge in [-0.05, 0) is 30.7 Å². The standard InChI is InChI=1S/C18H19ClN2O5/c1-3-4-9-26-17-8-6-13(25-2)11-15(17)20-18(22)14-7-5-12(19)10-16(14)21(23)24/h5-8,10-11H,3-4,9H2,1-2H3,(H,20,22). The third-order valence-corrected chi connectivity index (χ3v) is 3.83. The molecule has 0 unspecified atom stereocenters. The summed E-state index contributed by atoms with van der Waals surface area (Å²) in [6.07, 6.45) is 1.83. The molecule has 0 bridgehead atoms. The van der Waals surface area contributed by atoms with Crippen LogP contribution >= 0.6 is 11.6 Å². The number of nitrogens with zero attached hydrogens (tertiary/aromatic N) is 1. The van der Waals surface area contributed by atoms with Gasteiger partial charge in [-0.15, -0.1) is 0 Å². The van der Waals surface area contributed by atoms with Gasteiger partial charge in [0.2, 0.25) is 0 Å². The van der Waals surface area contributed by atoms with Crippen LogP contribution in [0.15, 0.2) is 36.4 Å². The van der Waals surface area contributed by atoms with E-state index in [1.165, 1.54) is 19.2 Å². The number of benzene rings is 2. The smallest absolute Gasteiger partial charge is 0.283 e. The molecule has 26 heavy (non-hydrogen) atoms. The van der Waals surface area contributed by atoms with Crippen LogP contribution in [-0.2, 0) is 0 Å². The Bertz CT molecular complexity index is 810. The van der Waals surface area contributed by atoms with Crippen molar-refractivity contribution < 1.29 is 19.2 Å². The lowest BCUT2D eigenvalue weighted by atomic mass is 10.1. The summed E-state index contributed by atoms with van der Waals surface area (Å²) in [5, 5.41) is 14.0. The first kappa shape index (κ1) is 19.5. The summed E-state index contributed by atoms with van der Waals surface area (Å²) in [6.45, 7) is 2.53. The van der Waals surface area contributed by atoms with E-state index >= 15 is 0 Å². The van der Waals surface area contributed by atoms with Gasteiger partial charge in [-0.2, -0.15) is 0 Å². The van der Waals surface area contributed by atoms with Crippen LogP contribution in [0.4, 0.5) is 11.4 Å². The number of carbonyl (C=O) groups is 1. The molecule has 0 aliphatic heterocycles. The largest absolute Gasteiger partial charge is 0.497 e. The van der Waals surface area contributed by atoms with Gasteiger partial charge in [0.1, 0.15) is 17.1 Å². The number of amides is 1. The molecular weight excluding hydrogens is 360 g/mol. The molecule has 2 rings (SSSR count). The maximum atomic E-state index is 12.6. The number of ether oxygens (including phenoxy) is 2. The molecule has 1 amide bonds. The molecule has 138 valence electrons. The molecular formula is C18H19ClN2O5. The van der Waals surface area contributed by atoms with Gasteiger partial charge >= 0.3 is 0 Å². The van der Waals surface area contributed by atoms with Crippen molar-refractivity contribution in [1.29, 1.82) is 0 Å². The highest BCUT2D eigenvalue weighted by Crippen LogP contribution is 2.31. The van der Waals surface area contributed by atoms with Crippen LogP contribution < -0.4 is 14.8 Å². The zero-order valence-electron chi connectivity index (χ0n) is 14.5. The van der Waals surface area contributed by atoms with Crippen LogP contribution in [-0.4, -0.2) is 24.5 Å². The number of anilines is 1. The summed E-state index contributed by atoms with van der Waals surface area (Å²) in [7, 11) is 1.50. The number of hydrogen-bond acceptors (Lipinski definition) is 5. The molecule has 0 spiro atoms. The highest BCUT2D eigenvalue weighted by molar-refractivity contribution is 6.31. The lowest BCUT2D eigenvalue weighted by molar-refractivity contribution is -0.385. The first-order chi connectivity index (χ1) is 12.5. The van der Waals surface area contributed by atoms with Gasteiger partial charge in [0.05, 0.1) is 24.3 Å². The lowest BCUT2D eigenvalue weighted by Gasteiger charge is -2.14. The number of rotatable bonds is 8. The third kappa shape index (κ3) is 4.86. The minimum atomic E-state index is -0.648. The molecule has 0 radical (unpaired) electrons. The van der Waals surface area contributed by atoms with Gasteiger partial charge in [-0.25, -0.2) is 0 Å². The van der Waals surface area contributed by atoms with E-state index in [0.717, 1.165) is 18.9 Å². The van der Waals surface area contributed by atoms with Crippen molar-refractivity contribution in [2.75, 3.05) is 19.0 Å². The van der Waals surface area contributed by atoms with Gasteiger partial charge in [0, 0.05) is 17.2 Å². The average molecular weight is 379 g/mol. The van der Waals surface area contributed by atoms with E-state index in [1.54, 1.807) is 18.2 Å². The van der Waals surface area contributed by atoms with Crippen molar-refractivity contribution in [3.8, 4) is 11.5 Å². The lowest BCUT2D eigenvalue weighted by Crippen LogP contribution is -2.15. The first-order valence-electron chi connectivity index (χ1n) is 8.02. The van der Waals surface area contributed by atoms with Crippen LogP contribution in [0.5, 0.6) is 11.5 Å². The Balaban J connectivity index is 2.31. The third-order valence-electron chi connectivity index (χ3n) is 3.59. The van der Waals surface area contributed by atoms with Crippen LogP contribution in [0.2, 0.25) is 5.02 Å². The fraction of sp³-hybridized carbons (Fsp3) is 0.278. The van der Waals surface area contributed by atoms with E-state index < -0.39 is 10.8 Å². The maximum absolute atomic E-state index is 12.6. The van der Waals surface area contributed by atoms with Crippen LogP contribution in [0.25, 0.3) is 0 Å². The van der Waals surface area contributed by atoms with E-state index in [2.05, 4.69) is 5.32 Å². The van der Waals surface area contributed by atoms with Gasteiger partial charge in [-0.1, -0.05) is 24.9 Å². The van der Waals surface area contributed by atoms with Gasteiger partial charge in [0.15, 0.2) is 0 Å². The zero-order chi connectivity index (χ0) is 19.1. The average Bonchev–Trinajstić information content (AvgIpc) is 2.62. The molecule has 0 aliphatic rings. The Morgan fingerprint density at radius 2 is 2.04 bits per heavy atom. The van der Waals surface area contributed by atoms with E-state index in [1.807, 2.05) is 6.92 Å². The Hall–Kier alpha value is -2.80. The predicted molar refractivity (Wildman–Crippen MR) is 99.5 cm³/mol. The summed E-state index contributed by atoms with van der Waals surface area (Å²) >= 11 is 5.79. The van der Waals surface area contributed by atoms with Crippen LogP contribution in [0.3, 0.4) is 0 Å². The number of methoxy groups -OCH3 is 1. The van der Waals surface area contributed by atoms with E-state index in [-0.39, 0.29) is 16.3 Å². The fourth-order valence-corrected chi connectivity index (χ4v) is 2.39. The minimum Gasteiger partial charge on any atom is -0.497 e. The number of unbranched alkanes of at least 4 members (excludes halogenated alkanes) is 1. The molecule has 0 saturated carbocycles. The van der Waals surface area contributed by atoms with Crippen LogP contribution in [0, 0.1) is 10.1 Å². The SMILES string of the molecule is CCCCOc1ccc(OC)cc1NC(=O)c1ccc(Cl)cc1[N+](=O)[O-]. The van der Waals surface area contributed by atoms with E-state index in [4.69, 9.17) is 21.1 Å².